The standard InChI is InChI=1S/C16H16N2O2/c1-19-15-8-7-14-13(9-17-11-18-14)16(15)20-10-12-5-3-2-4-6-12/h2-8,11H,9-10H2,1H3,(H,17,18). The summed E-state index contributed by atoms with van der Waals surface area (Å²) in [6.45, 7) is 1.11. The molecular formula is C16H16N2O2. The molecule has 4 nitrogen and oxygen atoms in total. The Morgan fingerprint density at radius 3 is 2.80 bits per heavy atom. The molecule has 1 N–H and O–H groups in total. The van der Waals surface area contributed by atoms with Gasteiger partial charge in [0, 0.05) is 11.3 Å². The van der Waals surface area contributed by atoms with E-state index < -0.39 is 0 Å². The largest absolute Gasteiger partial charge is 0.493 e. The molecule has 0 amide bonds. The van der Waals surface area contributed by atoms with Crippen LogP contribution in [-0.4, -0.2) is 13.4 Å². The highest BCUT2D eigenvalue weighted by molar-refractivity contribution is 5.81. The van der Waals surface area contributed by atoms with Gasteiger partial charge in [-0.05, 0) is 17.7 Å². The lowest BCUT2D eigenvalue weighted by Gasteiger charge is -2.19. The number of nitrogens with one attached hydrogen (secondary N) is 1. The number of aliphatic imine (C=N–C) groups is 1. The van der Waals surface area contributed by atoms with Crippen LogP contribution in [0.4, 0.5) is 5.69 Å². The fraction of sp³-hybridized carbons (Fsp3) is 0.188. The molecule has 102 valence electrons. The van der Waals surface area contributed by atoms with E-state index in [4.69, 9.17) is 9.47 Å². The van der Waals surface area contributed by atoms with Gasteiger partial charge in [-0.15, -0.1) is 0 Å². The smallest absolute Gasteiger partial charge is 0.168 e. The van der Waals surface area contributed by atoms with E-state index in [-0.39, 0.29) is 0 Å². The lowest BCUT2D eigenvalue weighted by atomic mass is 10.1. The van der Waals surface area contributed by atoms with E-state index in [1.165, 1.54) is 0 Å². The number of benzene rings is 2. The number of hydrogen-bond donors (Lipinski definition) is 1. The molecule has 0 unspecified atom stereocenters. The third-order valence-corrected chi connectivity index (χ3v) is 3.23. The van der Waals surface area contributed by atoms with Crippen molar-refractivity contribution in [3.63, 3.8) is 0 Å². The molecule has 2 aromatic carbocycles. The summed E-state index contributed by atoms with van der Waals surface area (Å²) in [7, 11) is 1.65. The molecule has 20 heavy (non-hydrogen) atoms. The highest BCUT2D eigenvalue weighted by atomic mass is 16.5. The molecule has 0 aromatic heterocycles. The first-order valence-electron chi connectivity index (χ1n) is 6.50. The van der Waals surface area contributed by atoms with Crippen LogP contribution >= 0.6 is 0 Å². The molecule has 0 saturated carbocycles. The zero-order chi connectivity index (χ0) is 13.8. The van der Waals surface area contributed by atoms with Gasteiger partial charge in [-0.2, -0.15) is 0 Å². The number of nitrogens with zero attached hydrogens (tertiary/aromatic N) is 1. The van der Waals surface area contributed by atoms with Crippen LogP contribution in [0.25, 0.3) is 0 Å². The van der Waals surface area contributed by atoms with Gasteiger partial charge >= 0.3 is 0 Å². The molecule has 2 aromatic rings. The number of hydrogen-bond acceptors (Lipinski definition) is 4. The molecule has 0 radical (unpaired) electrons. The van der Waals surface area contributed by atoms with Gasteiger partial charge in [0.05, 0.1) is 20.0 Å². The summed E-state index contributed by atoms with van der Waals surface area (Å²) >= 11 is 0. The van der Waals surface area contributed by atoms with Crippen molar-refractivity contribution in [3.05, 3.63) is 53.6 Å². The zero-order valence-electron chi connectivity index (χ0n) is 11.3. The molecule has 0 saturated heterocycles. The number of rotatable bonds is 4. The van der Waals surface area contributed by atoms with E-state index in [1.54, 1.807) is 13.4 Å². The average molecular weight is 268 g/mol. The summed E-state index contributed by atoms with van der Waals surface area (Å²) in [5.41, 5.74) is 3.17. The Balaban J connectivity index is 1.88. The maximum atomic E-state index is 5.97. The fourth-order valence-electron chi connectivity index (χ4n) is 2.20. The van der Waals surface area contributed by atoms with Crippen molar-refractivity contribution in [2.75, 3.05) is 12.4 Å². The molecule has 4 heteroatoms. The lowest BCUT2D eigenvalue weighted by molar-refractivity contribution is 0.281. The first-order chi connectivity index (χ1) is 9.88. The Hall–Kier alpha value is -2.49. The first kappa shape index (κ1) is 12.5. The second-order valence-electron chi connectivity index (χ2n) is 4.51. The second-order valence-corrected chi connectivity index (χ2v) is 4.51. The molecule has 1 heterocycles. The number of fused-ring (bicyclic) bond motifs is 1. The quantitative estimate of drug-likeness (QED) is 0.925. The van der Waals surface area contributed by atoms with Crippen LogP contribution in [0.3, 0.4) is 0 Å². The number of ether oxygens (including phenoxy) is 2. The fourth-order valence-corrected chi connectivity index (χ4v) is 2.20. The highest BCUT2D eigenvalue weighted by Crippen LogP contribution is 2.38. The Morgan fingerprint density at radius 1 is 1.15 bits per heavy atom. The van der Waals surface area contributed by atoms with Crippen molar-refractivity contribution < 1.29 is 9.47 Å². The van der Waals surface area contributed by atoms with Crippen molar-refractivity contribution >= 4 is 12.0 Å². The molecule has 0 aliphatic carbocycles. The molecule has 0 bridgehead atoms. The summed E-state index contributed by atoms with van der Waals surface area (Å²) < 4.78 is 11.4. The van der Waals surface area contributed by atoms with Gasteiger partial charge < -0.3 is 14.8 Å². The molecule has 0 fully saturated rings. The van der Waals surface area contributed by atoms with Gasteiger partial charge in [0.2, 0.25) is 0 Å². The van der Waals surface area contributed by atoms with Crippen LogP contribution in [0.2, 0.25) is 0 Å². The lowest BCUT2D eigenvalue weighted by Crippen LogP contribution is -2.08. The van der Waals surface area contributed by atoms with E-state index >= 15 is 0 Å². The highest BCUT2D eigenvalue weighted by Gasteiger charge is 2.17. The summed E-state index contributed by atoms with van der Waals surface area (Å²) in [4.78, 5) is 4.24. The maximum absolute atomic E-state index is 5.97. The van der Waals surface area contributed by atoms with E-state index in [9.17, 15) is 0 Å². The third-order valence-electron chi connectivity index (χ3n) is 3.23. The Morgan fingerprint density at radius 2 is 2.00 bits per heavy atom. The monoisotopic (exact) mass is 268 g/mol. The molecule has 1 aliphatic rings. The molecule has 0 spiro atoms. The number of methoxy groups -OCH3 is 1. The minimum atomic E-state index is 0.511. The van der Waals surface area contributed by atoms with Crippen LogP contribution < -0.4 is 14.8 Å². The van der Waals surface area contributed by atoms with Crippen molar-refractivity contribution in [3.8, 4) is 11.5 Å². The predicted octanol–water partition coefficient (Wildman–Crippen LogP) is 3.23. The van der Waals surface area contributed by atoms with Crippen molar-refractivity contribution in [1.29, 1.82) is 0 Å². The molecular weight excluding hydrogens is 252 g/mol. The minimum absolute atomic E-state index is 0.511. The van der Waals surface area contributed by atoms with E-state index in [1.807, 2.05) is 42.5 Å². The van der Waals surface area contributed by atoms with Gasteiger partial charge in [-0.25, -0.2) is 0 Å². The van der Waals surface area contributed by atoms with Crippen LogP contribution in [0.15, 0.2) is 47.5 Å². The molecule has 0 atom stereocenters. The predicted molar refractivity (Wildman–Crippen MR) is 79.6 cm³/mol. The van der Waals surface area contributed by atoms with Gasteiger partial charge in [-0.1, -0.05) is 30.3 Å². The second kappa shape index (κ2) is 5.65. The van der Waals surface area contributed by atoms with Crippen LogP contribution in [0, 0.1) is 0 Å². The maximum Gasteiger partial charge on any atom is 0.168 e. The third kappa shape index (κ3) is 2.45. The summed E-state index contributed by atoms with van der Waals surface area (Å²) in [5.74, 6) is 1.50. The van der Waals surface area contributed by atoms with Crippen molar-refractivity contribution in [1.82, 2.24) is 0 Å². The first-order valence-corrected chi connectivity index (χ1v) is 6.50. The topological polar surface area (TPSA) is 42.9 Å². The van der Waals surface area contributed by atoms with Gasteiger partial charge in [0.15, 0.2) is 11.5 Å². The van der Waals surface area contributed by atoms with Crippen LogP contribution in [0.5, 0.6) is 11.5 Å². The van der Waals surface area contributed by atoms with E-state index in [0.29, 0.717) is 13.2 Å². The zero-order valence-corrected chi connectivity index (χ0v) is 11.3. The van der Waals surface area contributed by atoms with Crippen LogP contribution in [-0.2, 0) is 13.2 Å². The minimum Gasteiger partial charge on any atom is -0.493 e. The van der Waals surface area contributed by atoms with Crippen molar-refractivity contribution in [2.24, 2.45) is 4.99 Å². The summed E-state index contributed by atoms with van der Waals surface area (Å²) in [6, 6.07) is 14.0. The molecule has 1 aliphatic heterocycles. The van der Waals surface area contributed by atoms with E-state index in [2.05, 4.69) is 10.3 Å². The van der Waals surface area contributed by atoms with Crippen LogP contribution in [0.1, 0.15) is 11.1 Å². The number of anilines is 1. The Bertz CT molecular complexity index is 624. The van der Waals surface area contributed by atoms with Gasteiger partial charge in [0.25, 0.3) is 0 Å². The average Bonchev–Trinajstić information content (AvgIpc) is 2.53. The SMILES string of the molecule is COc1ccc2c(c1OCc1ccccc1)CN=CN2. The molecule has 3 rings (SSSR count). The van der Waals surface area contributed by atoms with E-state index in [0.717, 1.165) is 28.3 Å². The summed E-state index contributed by atoms with van der Waals surface area (Å²) in [5, 5.41) is 3.13. The van der Waals surface area contributed by atoms with Gasteiger partial charge in [-0.3, -0.25) is 4.99 Å². The Labute approximate surface area is 118 Å². The van der Waals surface area contributed by atoms with Gasteiger partial charge in [0.1, 0.15) is 6.61 Å². The summed E-state index contributed by atoms with van der Waals surface area (Å²) in [6.07, 6.45) is 1.70. The normalized spacial score (nSPS) is 12.4. The Kier molecular flexibility index (Phi) is 3.54. The van der Waals surface area contributed by atoms with Crippen molar-refractivity contribution in [2.45, 2.75) is 13.2 Å².